The molecule has 1 aliphatic heterocycles. The Balaban J connectivity index is 1.61. The van der Waals surface area contributed by atoms with Gasteiger partial charge in [0.25, 0.3) is 0 Å². The van der Waals surface area contributed by atoms with Gasteiger partial charge in [-0.3, -0.25) is 0 Å². The third kappa shape index (κ3) is 3.31. The summed E-state index contributed by atoms with van der Waals surface area (Å²) in [5, 5.41) is 8.33. The van der Waals surface area contributed by atoms with Gasteiger partial charge in [0.15, 0.2) is 0 Å². The van der Waals surface area contributed by atoms with Gasteiger partial charge in [0.2, 0.25) is 0 Å². The Bertz CT molecular complexity index is 1130. The van der Waals surface area contributed by atoms with Gasteiger partial charge < -0.3 is 5.32 Å². The van der Waals surface area contributed by atoms with Crippen molar-refractivity contribution in [2.24, 2.45) is 0 Å². The van der Waals surface area contributed by atoms with Crippen molar-refractivity contribution in [3.8, 4) is 28.1 Å². The van der Waals surface area contributed by atoms with Gasteiger partial charge in [-0.25, -0.2) is 9.07 Å². The van der Waals surface area contributed by atoms with Gasteiger partial charge in [-0.05, 0) is 42.5 Å². The van der Waals surface area contributed by atoms with Crippen molar-refractivity contribution in [3.63, 3.8) is 0 Å². The Morgan fingerprint density at radius 3 is 2.24 bits per heavy atom. The van der Waals surface area contributed by atoms with Gasteiger partial charge in [-0.2, -0.15) is 5.10 Å². The smallest absolute Gasteiger partial charge is 0.148 e. The van der Waals surface area contributed by atoms with Gasteiger partial charge in [0.05, 0.1) is 5.69 Å². The van der Waals surface area contributed by atoms with E-state index in [1.807, 2.05) is 24.3 Å². The van der Waals surface area contributed by atoms with Crippen LogP contribution in [0.15, 0.2) is 78.9 Å². The van der Waals surface area contributed by atoms with Crippen LogP contribution in [0.5, 0.6) is 0 Å². The van der Waals surface area contributed by atoms with Crippen LogP contribution in [0.25, 0.3) is 28.1 Å². The first-order chi connectivity index (χ1) is 14.3. The summed E-state index contributed by atoms with van der Waals surface area (Å²) in [6.45, 7) is 0.875. The number of hydrogen-bond donors (Lipinski definition) is 1. The van der Waals surface area contributed by atoms with Gasteiger partial charge >= 0.3 is 0 Å². The lowest BCUT2D eigenvalue weighted by Crippen LogP contribution is -2.08. The summed E-state index contributed by atoms with van der Waals surface area (Å²) in [7, 11) is 0. The van der Waals surface area contributed by atoms with Crippen LogP contribution in [0.4, 0.5) is 10.2 Å². The summed E-state index contributed by atoms with van der Waals surface area (Å²) in [6, 6.07) is 25.6. The minimum Gasteiger partial charge on any atom is -0.370 e. The molecule has 1 N–H and O–H groups in total. The average molecular weight is 383 g/mol. The van der Waals surface area contributed by atoms with E-state index in [4.69, 9.17) is 5.10 Å². The number of fused-ring (bicyclic) bond motifs is 1. The summed E-state index contributed by atoms with van der Waals surface area (Å²) >= 11 is 0. The minimum atomic E-state index is -0.269. The molecule has 0 aliphatic carbocycles. The second-order valence-corrected chi connectivity index (χ2v) is 7.37. The first kappa shape index (κ1) is 17.7. The van der Waals surface area contributed by atoms with E-state index >= 15 is 0 Å². The molecule has 3 aromatic carbocycles. The molecule has 2 heterocycles. The van der Waals surface area contributed by atoms with Crippen LogP contribution in [-0.4, -0.2) is 16.3 Å². The van der Waals surface area contributed by atoms with Crippen molar-refractivity contribution in [2.75, 3.05) is 11.9 Å². The summed E-state index contributed by atoms with van der Waals surface area (Å²) in [5.74, 6) is 0.643. The van der Waals surface area contributed by atoms with E-state index in [-0.39, 0.29) is 5.82 Å². The molecule has 3 nitrogen and oxygen atoms in total. The van der Waals surface area contributed by atoms with Crippen LogP contribution in [0.2, 0.25) is 0 Å². The molecule has 0 saturated carbocycles. The number of para-hydroxylation sites is 1. The van der Waals surface area contributed by atoms with Crippen molar-refractivity contribution in [2.45, 2.75) is 19.3 Å². The molecule has 0 unspecified atom stereocenters. The molecular weight excluding hydrogens is 361 g/mol. The van der Waals surface area contributed by atoms with E-state index in [1.54, 1.807) is 16.8 Å². The minimum absolute atomic E-state index is 0.269. The zero-order valence-electron chi connectivity index (χ0n) is 16.1. The van der Waals surface area contributed by atoms with Crippen LogP contribution in [0, 0.1) is 5.82 Å². The van der Waals surface area contributed by atoms with Crippen molar-refractivity contribution in [1.82, 2.24) is 9.78 Å². The van der Waals surface area contributed by atoms with E-state index in [0.29, 0.717) is 5.69 Å². The van der Waals surface area contributed by atoms with E-state index in [0.717, 1.165) is 42.9 Å². The summed E-state index contributed by atoms with van der Waals surface area (Å²) in [5.41, 5.74) is 5.99. The van der Waals surface area contributed by atoms with Crippen LogP contribution in [0.3, 0.4) is 0 Å². The molecule has 1 aliphatic rings. The number of hydrogen-bond acceptors (Lipinski definition) is 2. The van der Waals surface area contributed by atoms with E-state index < -0.39 is 0 Å². The number of anilines is 1. The summed E-state index contributed by atoms with van der Waals surface area (Å²) < 4.78 is 16.2. The monoisotopic (exact) mass is 383 g/mol. The normalized spacial score (nSPS) is 13.4. The third-order valence-electron chi connectivity index (χ3n) is 5.48. The second kappa shape index (κ2) is 7.55. The van der Waals surface area contributed by atoms with Gasteiger partial charge in [-0.15, -0.1) is 0 Å². The van der Waals surface area contributed by atoms with Crippen LogP contribution in [-0.2, 0) is 6.42 Å². The number of nitrogens with one attached hydrogen (secondary N) is 1. The molecule has 0 amide bonds. The Morgan fingerprint density at radius 2 is 1.45 bits per heavy atom. The number of nitrogens with zero attached hydrogens (tertiary/aromatic N) is 2. The Kier molecular flexibility index (Phi) is 4.60. The summed E-state index contributed by atoms with van der Waals surface area (Å²) in [4.78, 5) is 0. The predicted molar refractivity (Wildman–Crippen MR) is 116 cm³/mol. The molecule has 5 rings (SSSR count). The SMILES string of the molecule is Fc1ccccc1-n1nc(-c2ccc(-c3ccccc3)cc2)c2c1NCCCC2. The predicted octanol–water partition coefficient (Wildman–Crippen LogP) is 6.09. The Labute approximate surface area is 169 Å². The maximum atomic E-state index is 14.5. The van der Waals surface area contributed by atoms with Crippen molar-refractivity contribution >= 4 is 5.82 Å². The van der Waals surface area contributed by atoms with E-state index in [2.05, 4.69) is 41.7 Å². The average Bonchev–Trinajstić information content (AvgIpc) is 2.95. The first-order valence-electron chi connectivity index (χ1n) is 10.1. The lowest BCUT2D eigenvalue weighted by molar-refractivity contribution is 0.611. The molecule has 0 saturated heterocycles. The lowest BCUT2D eigenvalue weighted by Gasteiger charge is -2.09. The molecule has 0 fully saturated rings. The van der Waals surface area contributed by atoms with Crippen LogP contribution < -0.4 is 5.32 Å². The Hall–Kier alpha value is -3.40. The van der Waals surface area contributed by atoms with Crippen LogP contribution in [0.1, 0.15) is 18.4 Å². The molecule has 0 radical (unpaired) electrons. The first-order valence-corrected chi connectivity index (χ1v) is 10.1. The zero-order chi connectivity index (χ0) is 19.6. The lowest BCUT2D eigenvalue weighted by atomic mass is 10.00. The number of aromatic nitrogens is 2. The number of halogens is 1. The largest absolute Gasteiger partial charge is 0.370 e. The van der Waals surface area contributed by atoms with E-state index in [9.17, 15) is 4.39 Å². The zero-order valence-corrected chi connectivity index (χ0v) is 16.1. The molecule has 0 spiro atoms. The summed E-state index contributed by atoms with van der Waals surface area (Å²) in [6.07, 6.45) is 3.13. The highest BCUT2D eigenvalue weighted by Crippen LogP contribution is 2.35. The van der Waals surface area contributed by atoms with Gasteiger partial charge in [0, 0.05) is 17.7 Å². The maximum Gasteiger partial charge on any atom is 0.148 e. The molecule has 4 heteroatoms. The fraction of sp³-hybridized carbons (Fsp3) is 0.160. The van der Waals surface area contributed by atoms with Crippen molar-refractivity contribution < 1.29 is 4.39 Å². The fourth-order valence-electron chi connectivity index (χ4n) is 3.98. The molecule has 29 heavy (non-hydrogen) atoms. The molecule has 144 valence electrons. The third-order valence-corrected chi connectivity index (χ3v) is 5.48. The van der Waals surface area contributed by atoms with Crippen LogP contribution >= 0.6 is 0 Å². The standard InChI is InChI=1S/C25H22FN3/c26-22-11-4-5-12-23(22)29-25-21(10-6-7-17-27-25)24(28-29)20-15-13-19(14-16-20)18-8-2-1-3-9-18/h1-5,8-9,11-16,27H,6-7,10,17H2. The van der Waals surface area contributed by atoms with Crippen molar-refractivity contribution in [3.05, 3.63) is 90.2 Å². The Morgan fingerprint density at radius 1 is 0.759 bits per heavy atom. The highest BCUT2D eigenvalue weighted by Gasteiger charge is 2.22. The number of benzene rings is 3. The number of rotatable bonds is 3. The molecule has 4 aromatic rings. The maximum absolute atomic E-state index is 14.5. The molecule has 0 atom stereocenters. The quantitative estimate of drug-likeness (QED) is 0.464. The highest BCUT2D eigenvalue weighted by molar-refractivity contribution is 5.74. The second-order valence-electron chi connectivity index (χ2n) is 7.37. The molecule has 1 aromatic heterocycles. The van der Waals surface area contributed by atoms with Gasteiger partial charge in [-0.1, -0.05) is 66.7 Å². The van der Waals surface area contributed by atoms with E-state index in [1.165, 1.54) is 22.8 Å². The molecular formula is C25H22FN3. The highest BCUT2D eigenvalue weighted by atomic mass is 19.1. The van der Waals surface area contributed by atoms with Crippen molar-refractivity contribution in [1.29, 1.82) is 0 Å². The molecule has 0 bridgehead atoms. The fourth-order valence-corrected chi connectivity index (χ4v) is 3.98. The topological polar surface area (TPSA) is 29.9 Å². The van der Waals surface area contributed by atoms with Gasteiger partial charge in [0.1, 0.15) is 17.3 Å².